The number of esters is 2. The summed E-state index contributed by atoms with van der Waals surface area (Å²) >= 11 is 4.47. The monoisotopic (exact) mass is 989 g/mol. The highest BCUT2D eigenvalue weighted by molar-refractivity contribution is 7.80. The summed E-state index contributed by atoms with van der Waals surface area (Å²) < 4.78 is 48.3. The summed E-state index contributed by atoms with van der Waals surface area (Å²) in [6.07, 6.45) is 9.68. The van der Waals surface area contributed by atoms with E-state index < -0.39 is 19.2 Å². The van der Waals surface area contributed by atoms with Gasteiger partial charge in [-0.1, -0.05) is 168 Å². The van der Waals surface area contributed by atoms with Crippen molar-refractivity contribution in [3.05, 3.63) is 24.3 Å². The second-order valence-electron chi connectivity index (χ2n) is 7.53. The zero-order chi connectivity index (χ0) is 58.9. The summed E-state index contributed by atoms with van der Waals surface area (Å²) in [7, 11) is 5.55. The number of carbonyl (C=O) groups excluding carboxylic acids is 3. The third-order valence-corrected chi connectivity index (χ3v) is 2.55. The molecule has 0 heterocycles. The molecule has 0 saturated carbocycles. The number of thiocarbonyl (C=S) groups is 1. The maximum absolute atomic E-state index is 11.2. The van der Waals surface area contributed by atoms with E-state index in [1.54, 1.807) is 14.0 Å². The third kappa shape index (κ3) is 2560. The quantitative estimate of drug-likeness (QED) is 0.0674. The first-order valence-electron chi connectivity index (χ1n) is 22.4. The number of hydrogen-bond donors (Lipinski definition) is 4. The fourth-order valence-corrected chi connectivity index (χ4v) is 0. The van der Waals surface area contributed by atoms with Crippen LogP contribution in [0.15, 0.2) is 24.3 Å². The normalized spacial score (nSPS) is 6.42. The number of unbranched alkanes of at least 4 members (excludes halogenated alkanes) is 1. The van der Waals surface area contributed by atoms with E-state index >= 15 is 0 Å². The Bertz CT molecular complexity index is 585. The molecule has 0 aromatic rings. The number of aliphatic hydroxyl groups is 1. The molecule has 414 valence electrons. The number of halogens is 3. The van der Waals surface area contributed by atoms with Crippen molar-refractivity contribution in [3.8, 4) is 0 Å². The number of aldehydes is 1. The number of aliphatic hydroxyl groups excluding tert-OH is 1. The number of ether oxygens (including phenoxy) is 4. The highest BCUT2D eigenvalue weighted by Gasteiger charge is 2.17. The number of aliphatic carboxylic acids is 1. The first-order chi connectivity index (χ1) is 30.4. The van der Waals surface area contributed by atoms with Crippen LogP contribution in [0.1, 0.15) is 213 Å². The molecule has 4 N–H and O–H groups in total. The molecule has 0 radical (unpaired) electrons. The maximum atomic E-state index is 11.2. The Morgan fingerprint density at radius 3 is 0.646 bits per heavy atom. The second kappa shape index (κ2) is 243. The Morgan fingerprint density at radius 2 is 0.646 bits per heavy atom. The van der Waals surface area contributed by atoms with Gasteiger partial charge in [0.2, 0.25) is 0 Å². The van der Waals surface area contributed by atoms with Gasteiger partial charge in [-0.25, -0.2) is 0 Å². The number of carboxylic acids is 1. The van der Waals surface area contributed by atoms with Crippen molar-refractivity contribution in [3.63, 3.8) is 0 Å². The second-order valence-corrected chi connectivity index (χ2v) is 8.10. The van der Waals surface area contributed by atoms with Gasteiger partial charge in [0.05, 0.1) is 28.5 Å². The lowest BCUT2D eigenvalue weighted by Crippen LogP contribution is -2.10. The first-order valence-corrected chi connectivity index (χ1v) is 22.8. The molecular formula is C48H120BF3O12S. The van der Waals surface area contributed by atoms with Gasteiger partial charge in [-0.15, -0.1) is 0 Å². The summed E-state index contributed by atoms with van der Waals surface area (Å²) in [5, 5.41) is 30.2. The van der Waals surface area contributed by atoms with Crippen molar-refractivity contribution >= 4 is 48.6 Å². The van der Waals surface area contributed by atoms with Gasteiger partial charge in [-0.05, 0) is 53.7 Å². The molecule has 0 aliphatic carbocycles. The average Bonchev–Trinajstić information content (AvgIpc) is 3.33. The lowest BCUT2D eigenvalue weighted by atomic mass is 9.99. The fourth-order valence-electron chi connectivity index (χ4n) is 0. The zero-order valence-corrected chi connectivity index (χ0v) is 50.5. The standard InChI is InChI=1S/C4H10.2C4H8.C3H6F2O.2C3H6O2.C3H6OS.C3H8.C2H4O2.C2H4O.7C2H6.CH5BO2.CH3F.CH4O/c3*1-3-4-2;1-3(4,5)6-2;2*1-3(4)5-2;1-3(5)4-2;1-3-2;1-2(3)4;1-2-3;7*1-2;1-2(3)4;2*1-2/h3-4H2,1-2H3;2*3-4H,1-2H3;1-2H3;3*1-2H3;3H2,1-2H3;1H3,(H,3,4);2H,1H3;7*1-2H3;3-4H,1H3;1H3;2H,1H3/b;2*4-3+;;;;;;;;;;;;;;;;;. The van der Waals surface area contributed by atoms with Crippen LogP contribution in [0, 0.1) is 0 Å². The summed E-state index contributed by atoms with van der Waals surface area (Å²) in [6, 6.07) is 0. The van der Waals surface area contributed by atoms with Crippen LogP contribution in [0.25, 0.3) is 0 Å². The molecule has 0 unspecified atom stereocenters. The van der Waals surface area contributed by atoms with E-state index in [9.17, 15) is 22.8 Å². The highest BCUT2D eigenvalue weighted by Crippen LogP contribution is 2.09. The summed E-state index contributed by atoms with van der Waals surface area (Å²) in [4.78, 5) is 37.0. The predicted molar refractivity (Wildman–Crippen MR) is 292 cm³/mol. The largest absolute Gasteiger partial charge is 0.491 e. The molecule has 0 fully saturated rings. The first kappa shape index (κ1) is 131. The smallest absolute Gasteiger partial charge is 0.448 e. The molecule has 0 bridgehead atoms. The summed E-state index contributed by atoms with van der Waals surface area (Å²) in [6.45, 7) is 53.6. The van der Waals surface area contributed by atoms with Crippen molar-refractivity contribution in [1.29, 1.82) is 0 Å². The van der Waals surface area contributed by atoms with E-state index in [1.165, 1.54) is 61.1 Å². The molecule has 0 aromatic heterocycles. The minimum Gasteiger partial charge on any atom is -0.491 e. The van der Waals surface area contributed by atoms with Gasteiger partial charge in [0, 0.05) is 48.8 Å². The van der Waals surface area contributed by atoms with Crippen LogP contribution in [0.3, 0.4) is 0 Å². The maximum Gasteiger partial charge on any atom is 0.448 e. The SMILES string of the molecule is C/C=C/C.C/C=C/C.CB(O)O.CC.CC.CC.CC.CC.CC.CC.CC(=O)O.CC=O.CCC.CCCC.CF.CO.COC(C)(F)F.COC(C)=O.COC(C)=O.COC(C)=S. The lowest BCUT2D eigenvalue weighted by molar-refractivity contribution is -0.205. The highest BCUT2D eigenvalue weighted by atomic mass is 32.1. The molecule has 0 saturated heterocycles. The summed E-state index contributed by atoms with van der Waals surface area (Å²) in [5.74, 6) is -1.32. The van der Waals surface area contributed by atoms with E-state index in [0.717, 1.165) is 27.4 Å². The number of carboxylic acid groups (broad SMARTS) is 1. The molecule has 12 nitrogen and oxygen atoms in total. The van der Waals surface area contributed by atoms with Crippen LogP contribution in [0.2, 0.25) is 6.82 Å². The van der Waals surface area contributed by atoms with Crippen LogP contribution >= 0.6 is 12.2 Å². The number of hydrogen-bond acceptors (Lipinski definition) is 12. The zero-order valence-electron chi connectivity index (χ0n) is 49.7. The van der Waals surface area contributed by atoms with Gasteiger partial charge in [0.15, 0.2) is 5.05 Å². The van der Waals surface area contributed by atoms with Crippen molar-refractivity contribution in [2.24, 2.45) is 0 Å². The van der Waals surface area contributed by atoms with Crippen molar-refractivity contribution in [2.45, 2.75) is 226 Å². The van der Waals surface area contributed by atoms with Gasteiger partial charge < -0.3 is 44.0 Å². The van der Waals surface area contributed by atoms with E-state index in [-0.39, 0.29) is 11.9 Å². The molecule has 0 rings (SSSR count). The van der Waals surface area contributed by atoms with Gasteiger partial charge in [-0.3, -0.25) is 18.8 Å². The van der Waals surface area contributed by atoms with Gasteiger partial charge >= 0.3 is 25.2 Å². The van der Waals surface area contributed by atoms with Gasteiger partial charge in [-0.2, -0.15) is 8.78 Å². The molecular weight excluding hydrogens is 868 g/mol. The number of rotatable bonds is 2. The molecule has 0 spiro atoms. The Kier molecular flexibility index (Phi) is 490. The Balaban J connectivity index is -0.0000000185. The Morgan fingerprint density at radius 1 is 0.569 bits per heavy atom. The minimum atomic E-state index is -2.96. The molecule has 0 amide bonds. The number of carbonyl (C=O) groups is 4. The van der Waals surface area contributed by atoms with Crippen molar-refractivity contribution in [1.82, 2.24) is 0 Å². The number of allylic oxidation sites excluding steroid dienone is 4. The number of methoxy groups -OCH3 is 4. The Hall–Kier alpha value is -2.86. The molecule has 17 heteroatoms. The molecule has 65 heavy (non-hydrogen) atoms. The minimum absolute atomic E-state index is 0.245. The topological polar surface area (TPSA) is 186 Å². The lowest BCUT2D eigenvalue weighted by Gasteiger charge is -2.03. The van der Waals surface area contributed by atoms with Crippen LogP contribution < -0.4 is 0 Å². The molecule has 0 atom stereocenters. The predicted octanol–water partition coefficient (Wildman–Crippen LogP) is 15.7. The molecule has 0 aliphatic rings. The van der Waals surface area contributed by atoms with Crippen LogP contribution in [0.5, 0.6) is 0 Å². The Labute approximate surface area is 412 Å². The fraction of sp³-hybridized carbons (Fsp3) is 0.812. The van der Waals surface area contributed by atoms with E-state index in [1.807, 2.05) is 149 Å². The van der Waals surface area contributed by atoms with E-state index in [4.69, 9.17) is 29.9 Å². The number of alkyl halides is 3. The van der Waals surface area contributed by atoms with Gasteiger partial charge in [0.1, 0.15) is 6.29 Å². The molecule has 0 aliphatic heterocycles. The van der Waals surface area contributed by atoms with Crippen molar-refractivity contribution in [2.75, 3.05) is 42.7 Å². The average molecular weight is 989 g/mol. The summed E-state index contributed by atoms with van der Waals surface area (Å²) in [5.41, 5.74) is 0. The molecule has 0 aromatic carbocycles. The van der Waals surface area contributed by atoms with Crippen LogP contribution in [-0.4, -0.2) is 105 Å². The van der Waals surface area contributed by atoms with E-state index in [2.05, 4.69) is 58.9 Å². The van der Waals surface area contributed by atoms with Gasteiger partial charge in [0.25, 0.3) is 5.97 Å². The third-order valence-electron chi connectivity index (χ3n) is 2.39. The van der Waals surface area contributed by atoms with Crippen LogP contribution in [0.4, 0.5) is 13.2 Å². The van der Waals surface area contributed by atoms with Crippen molar-refractivity contribution < 1.29 is 71.6 Å². The van der Waals surface area contributed by atoms with E-state index in [0.29, 0.717) is 19.2 Å². The van der Waals surface area contributed by atoms with Crippen LogP contribution in [-0.2, 0) is 38.1 Å².